The summed E-state index contributed by atoms with van der Waals surface area (Å²) in [5, 5.41) is 13.7. The van der Waals surface area contributed by atoms with E-state index < -0.39 is 29.3 Å². The summed E-state index contributed by atoms with van der Waals surface area (Å²) >= 11 is 0. The molecule has 1 N–H and O–H groups in total. The number of halogens is 4. The van der Waals surface area contributed by atoms with Crippen molar-refractivity contribution >= 4 is 11.0 Å². The predicted octanol–water partition coefficient (Wildman–Crippen LogP) is 4.21. The Hall–Kier alpha value is -4.14. The van der Waals surface area contributed by atoms with Gasteiger partial charge in [-0.25, -0.2) is 14.1 Å². The first kappa shape index (κ1) is 22.6. The van der Waals surface area contributed by atoms with Crippen LogP contribution in [0.15, 0.2) is 41.5 Å². The van der Waals surface area contributed by atoms with Crippen LogP contribution < -0.4 is 5.56 Å². The van der Waals surface area contributed by atoms with E-state index in [1.54, 1.807) is 6.92 Å². The molecule has 0 aromatic carbocycles. The van der Waals surface area contributed by atoms with Gasteiger partial charge in [0.05, 0.1) is 11.7 Å². The summed E-state index contributed by atoms with van der Waals surface area (Å²) in [4.78, 5) is 27.8. The fourth-order valence-corrected chi connectivity index (χ4v) is 4.37. The third kappa shape index (κ3) is 3.82. The van der Waals surface area contributed by atoms with Gasteiger partial charge in [0.2, 0.25) is 0 Å². The van der Waals surface area contributed by atoms with Crippen molar-refractivity contribution in [2.24, 2.45) is 0 Å². The molecule has 3 atom stereocenters. The number of nitrogens with zero attached hydrogens (tertiary/aromatic N) is 6. The molecule has 12 heteroatoms. The Bertz CT molecular complexity index is 1520. The molecule has 1 aliphatic carbocycles. The highest BCUT2D eigenvalue weighted by atomic mass is 19.4. The molecule has 5 rings (SSSR count). The van der Waals surface area contributed by atoms with Crippen LogP contribution in [-0.2, 0) is 6.18 Å². The molecule has 0 saturated heterocycles. The van der Waals surface area contributed by atoms with E-state index in [4.69, 9.17) is 0 Å². The zero-order chi connectivity index (χ0) is 24.9. The van der Waals surface area contributed by atoms with Gasteiger partial charge in [-0.05, 0) is 43.5 Å². The normalized spacial score (nSPS) is 18.7. The fraction of sp³-hybridized carbons (Fsp3) is 0.304. The fourth-order valence-electron chi connectivity index (χ4n) is 4.37. The third-order valence-electron chi connectivity index (χ3n) is 6.38. The molecule has 0 radical (unpaired) electrons. The number of nitriles is 1. The first-order valence-corrected chi connectivity index (χ1v) is 10.7. The van der Waals surface area contributed by atoms with Gasteiger partial charge >= 0.3 is 6.18 Å². The van der Waals surface area contributed by atoms with Crippen LogP contribution >= 0.6 is 0 Å². The second-order valence-electron chi connectivity index (χ2n) is 8.37. The Labute approximate surface area is 195 Å². The van der Waals surface area contributed by atoms with Crippen molar-refractivity contribution in [2.45, 2.75) is 43.8 Å². The smallest absolute Gasteiger partial charge is 0.310 e. The summed E-state index contributed by atoms with van der Waals surface area (Å²) in [6, 6.07) is 6.13. The van der Waals surface area contributed by atoms with Crippen molar-refractivity contribution in [1.82, 2.24) is 29.7 Å². The monoisotopic (exact) mass is 483 g/mol. The maximum atomic E-state index is 14.3. The molecular formula is C23H17F4N7O. The van der Waals surface area contributed by atoms with E-state index >= 15 is 0 Å². The van der Waals surface area contributed by atoms with Crippen LogP contribution in [0.2, 0.25) is 0 Å². The van der Waals surface area contributed by atoms with Crippen LogP contribution in [0.1, 0.15) is 66.1 Å². The topological polar surface area (TPSA) is 113 Å². The zero-order valence-electron chi connectivity index (χ0n) is 18.2. The molecule has 2 unspecified atom stereocenters. The number of rotatable bonds is 4. The summed E-state index contributed by atoms with van der Waals surface area (Å²) in [6.07, 6.45) is -0.693. The number of aromatic amines is 1. The maximum Gasteiger partial charge on any atom is 0.433 e. The summed E-state index contributed by atoms with van der Waals surface area (Å²) < 4.78 is 54.3. The van der Waals surface area contributed by atoms with Gasteiger partial charge in [-0.15, -0.1) is 0 Å². The van der Waals surface area contributed by atoms with E-state index in [0.29, 0.717) is 29.9 Å². The van der Waals surface area contributed by atoms with Crippen LogP contribution in [0.4, 0.5) is 17.6 Å². The molecule has 0 spiro atoms. The maximum absolute atomic E-state index is 14.3. The van der Waals surface area contributed by atoms with Crippen molar-refractivity contribution in [3.8, 4) is 6.07 Å². The summed E-state index contributed by atoms with van der Waals surface area (Å²) in [5.74, 6) is -0.702. The van der Waals surface area contributed by atoms with Gasteiger partial charge < -0.3 is 4.98 Å². The lowest BCUT2D eigenvalue weighted by Crippen LogP contribution is -2.28. The Morgan fingerprint density at radius 3 is 2.57 bits per heavy atom. The molecule has 1 fully saturated rings. The largest absolute Gasteiger partial charge is 0.433 e. The molecule has 0 aliphatic heterocycles. The number of alkyl halides is 3. The van der Waals surface area contributed by atoms with Crippen LogP contribution in [0.25, 0.3) is 11.0 Å². The molecule has 35 heavy (non-hydrogen) atoms. The molecule has 4 aromatic rings. The van der Waals surface area contributed by atoms with Crippen LogP contribution in [0, 0.1) is 17.1 Å². The minimum absolute atomic E-state index is 0.0251. The highest BCUT2D eigenvalue weighted by molar-refractivity contribution is 5.80. The highest BCUT2D eigenvalue weighted by Crippen LogP contribution is 2.48. The minimum Gasteiger partial charge on any atom is -0.310 e. The second-order valence-corrected chi connectivity index (χ2v) is 8.37. The number of hydrogen-bond acceptors (Lipinski definition) is 6. The van der Waals surface area contributed by atoms with Gasteiger partial charge in [0, 0.05) is 24.2 Å². The molecule has 4 aromatic heterocycles. The highest BCUT2D eigenvalue weighted by Gasteiger charge is 2.38. The van der Waals surface area contributed by atoms with Gasteiger partial charge in [-0.2, -0.15) is 23.5 Å². The van der Waals surface area contributed by atoms with Gasteiger partial charge in [0.1, 0.15) is 28.8 Å². The Morgan fingerprint density at radius 1 is 1.20 bits per heavy atom. The number of fused-ring (bicyclic) bond motifs is 1. The molecule has 4 heterocycles. The lowest BCUT2D eigenvalue weighted by Gasteiger charge is -2.35. The van der Waals surface area contributed by atoms with Gasteiger partial charge in [-0.1, -0.05) is 6.07 Å². The molecule has 8 nitrogen and oxygen atoms in total. The molecule has 1 aliphatic rings. The van der Waals surface area contributed by atoms with Crippen molar-refractivity contribution in [3.05, 3.63) is 81.3 Å². The first-order chi connectivity index (χ1) is 16.7. The predicted molar refractivity (Wildman–Crippen MR) is 115 cm³/mol. The minimum atomic E-state index is -4.58. The van der Waals surface area contributed by atoms with Crippen molar-refractivity contribution in [2.75, 3.05) is 0 Å². The molecule has 0 bridgehead atoms. The van der Waals surface area contributed by atoms with E-state index in [9.17, 15) is 27.6 Å². The Morgan fingerprint density at radius 2 is 1.97 bits per heavy atom. The first-order valence-electron chi connectivity index (χ1n) is 10.7. The van der Waals surface area contributed by atoms with E-state index in [-0.39, 0.29) is 28.6 Å². The molecular weight excluding hydrogens is 466 g/mol. The lowest BCUT2D eigenvalue weighted by molar-refractivity contribution is -0.141. The summed E-state index contributed by atoms with van der Waals surface area (Å²) in [6.45, 7) is 1.65. The molecule has 0 amide bonds. The van der Waals surface area contributed by atoms with Crippen LogP contribution in [0.5, 0.6) is 0 Å². The number of aromatic nitrogens is 6. The number of hydrogen-bond donors (Lipinski definition) is 1. The number of nitrogens with one attached hydrogen (secondary N) is 1. The average Bonchev–Trinajstić information content (AvgIpc) is 3.18. The Balaban J connectivity index is 1.58. The van der Waals surface area contributed by atoms with Crippen molar-refractivity contribution < 1.29 is 17.6 Å². The van der Waals surface area contributed by atoms with E-state index in [1.807, 2.05) is 6.07 Å². The van der Waals surface area contributed by atoms with Crippen molar-refractivity contribution in [3.63, 3.8) is 0 Å². The van der Waals surface area contributed by atoms with E-state index in [2.05, 4.69) is 25.0 Å². The Kier molecular flexibility index (Phi) is 5.35. The summed E-state index contributed by atoms with van der Waals surface area (Å²) in [5.41, 5.74) is -0.980. The van der Waals surface area contributed by atoms with Gasteiger partial charge in [0.25, 0.3) is 5.56 Å². The molecule has 178 valence electrons. The molecule has 1 saturated carbocycles. The van der Waals surface area contributed by atoms with E-state index in [0.717, 1.165) is 12.3 Å². The third-order valence-corrected chi connectivity index (χ3v) is 6.38. The van der Waals surface area contributed by atoms with Crippen molar-refractivity contribution in [1.29, 1.82) is 5.26 Å². The van der Waals surface area contributed by atoms with E-state index in [1.165, 1.54) is 29.1 Å². The van der Waals surface area contributed by atoms with Crippen LogP contribution in [0.3, 0.4) is 0 Å². The number of H-pyrrole nitrogens is 1. The summed E-state index contributed by atoms with van der Waals surface area (Å²) in [7, 11) is 0. The van der Waals surface area contributed by atoms with Gasteiger partial charge in [0.15, 0.2) is 11.3 Å². The zero-order valence-corrected chi connectivity index (χ0v) is 18.2. The average molecular weight is 483 g/mol. The SMILES string of the molecule is C[C@@H](c1ccc(C(F)(F)F)nc1)n1nc(C#N)c2c(=O)[nH]c(C3CCC3c3ncccc3F)nc21. The standard InChI is InChI=1S/C23H17F4N7O/c1-11(12-4-7-17(30-10-12)23(25,26)27)34-21-18(16(9-28)33-34)22(35)32-20(31-21)14-6-5-13(14)19-15(24)3-2-8-29-19/h2-4,7-8,10-11,13-14H,5-6H2,1H3,(H,31,32,35)/t11-,13?,14?/m0/s1. The van der Waals surface area contributed by atoms with Gasteiger partial charge in [-0.3, -0.25) is 14.8 Å². The second kappa shape index (κ2) is 8.26. The van der Waals surface area contributed by atoms with Crippen LogP contribution in [-0.4, -0.2) is 29.7 Å². The number of pyridine rings is 2. The quantitative estimate of drug-likeness (QED) is 0.435. The lowest BCUT2D eigenvalue weighted by atomic mass is 9.71.